The Hall–Kier alpha value is -1.13. The summed E-state index contributed by atoms with van der Waals surface area (Å²) in [6.45, 7) is 0. The predicted molar refractivity (Wildman–Crippen MR) is 84.2 cm³/mol. The Labute approximate surface area is 172 Å². The van der Waals surface area contributed by atoms with Crippen LogP contribution in [-0.2, 0) is 52.8 Å². The molecule has 0 unspecified atom stereocenters. The summed E-state index contributed by atoms with van der Waals surface area (Å²) in [5.41, 5.74) is 4.02. The molecule has 0 aliphatic heterocycles. The van der Waals surface area contributed by atoms with Crippen molar-refractivity contribution < 1.29 is 52.8 Å². The first-order chi connectivity index (χ1) is 9.93. The van der Waals surface area contributed by atoms with E-state index in [0.29, 0.717) is 0 Å². The fourth-order valence-corrected chi connectivity index (χ4v) is 2.85. The quantitative estimate of drug-likeness (QED) is 0.275. The van der Waals surface area contributed by atoms with E-state index in [-0.39, 0.29) is 60.2 Å². The molecule has 5 rings (SSSR count). The van der Waals surface area contributed by atoms with E-state index in [0.717, 1.165) is 33.4 Å². The second kappa shape index (κ2) is 6.78. The van der Waals surface area contributed by atoms with E-state index in [1.807, 2.05) is 42.7 Å². The van der Waals surface area contributed by atoms with Crippen LogP contribution in [0.15, 0.2) is 54.9 Å². The molecule has 4 nitrogen and oxygen atoms in total. The van der Waals surface area contributed by atoms with Gasteiger partial charge in [0.25, 0.3) is 0 Å². The van der Waals surface area contributed by atoms with Crippen molar-refractivity contribution in [1.82, 2.24) is 18.8 Å². The molecular formula is C17H12IrN4Y-2. The van der Waals surface area contributed by atoms with Crippen LogP contribution >= 0.6 is 0 Å². The molecule has 2 radical (unpaired) electrons. The van der Waals surface area contributed by atoms with E-state index in [4.69, 9.17) is 4.98 Å². The van der Waals surface area contributed by atoms with Crippen LogP contribution in [0.5, 0.6) is 0 Å². The third kappa shape index (κ3) is 2.47. The fourth-order valence-electron chi connectivity index (χ4n) is 2.85. The van der Waals surface area contributed by atoms with E-state index in [1.165, 1.54) is 0 Å². The molecule has 0 aliphatic carbocycles. The van der Waals surface area contributed by atoms with Crippen LogP contribution in [0, 0.1) is 13.5 Å². The number of imidazole rings is 2. The SMILES string of the molecule is [CH3-].[Ir].[Y].[c-]1cccc2c1c1nc3ccccc3n1c1nccn21. The van der Waals surface area contributed by atoms with Gasteiger partial charge in [0.05, 0.1) is 16.7 Å². The minimum atomic E-state index is 0. The van der Waals surface area contributed by atoms with Gasteiger partial charge in [0.15, 0.2) is 0 Å². The Morgan fingerprint density at radius 1 is 1.00 bits per heavy atom. The number of fused-ring (bicyclic) bond motifs is 8. The van der Waals surface area contributed by atoms with Crippen molar-refractivity contribution in [2.24, 2.45) is 0 Å². The van der Waals surface area contributed by atoms with Crippen molar-refractivity contribution in [2.75, 3.05) is 0 Å². The van der Waals surface area contributed by atoms with Crippen LogP contribution in [0.2, 0.25) is 0 Å². The van der Waals surface area contributed by atoms with Gasteiger partial charge in [-0.25, -0.2) is 4.98 Å². The molecule has 5 aromatic rings. The van der Waals surface area contributed by atoms with E-state index < -0.39 is 0 Å². The standard InChI is InChI=1S/C16H9N4.CH3.Ir.Y/c1-3-7-13-11(5-1)15-18-12-6-2-4-8-14(12)20(15)16-17-9-10-19(13)16;;;/h1-4,6-10H;1H3;;/q2*-1;;. The van der Waals surface area contributed by atoms with Crippen molar-refractivity contribution in [2.45, 2.75) is 0 Å². The first-order valence-electron chi connectivity index (χ1n) is 6.46. The molecule has 0 fully saturated rings. The zero-order valence-electron chi connectivity index (χ0n) is 12.4. The van der Waals surface area contributed by atoms with Gasteiger partial charge >= 0.3 is 0 Å². The van der Waals surface area contributed by atoms with Crippen molar-refractivity contribution in [1.29, 1.82) is 0 Å². The largest absolute Gasteiger partial charge is 0.358 e. The first kappa shape index (κ1) is 18.2. The summed E-state index contributed by atoms with van der Waals surface area (Å²) >= 11 is 0. The van der Waals surface area contributed by atoms with Crippen LogP contribution in [0.4, 0.5) is 0 Å². The summed E-state index contributed by atoms with van der Waals surface area (Å²) in [7, 11) is 0. The van der Waals surface area contributed by atoms with Crippen molar-refractivity contribution in [3.05, 3.63) is 68.4 Å². The van der Waals surface area contributed by atoms with Gasteiger partial charge in [-0.1, -0.05) is 17.5 Å². The maximum atomic E-state index is 4.75. The summed E-state index contributed by atoms with van der Waals surface area (Å²) in [4.78, 5) is 9.24. The number of aromatic nitrogens is 4. The number of para-hydroxylation sites is 2. The average molecular weight is 553 g/mol. The fraction of sp³-hybridized carbons (Fsp3) is 0. The van der Waals surface area contributed by atoms with Gasteiger partial charge in [-0.15, -0.1) is 24.3 Å². The summed E-state index contributed by atoms with van der Waals surface area (Å²) in [6.07, 6.45) is 3.79. The molecule has 0 N–H and O–H groups in total. The van der Waals surface area contributed by atoms with Crippen molar-refractivity contribution in [3.63, 3.8) is 0 Å². The molecule has 2 aromatic carbocycles. The zero-order chi connectivity index (χ0) is 13.1. The molecule has 3 aromatic heterocycles. The maximum absolute atomic E-state index is 4.75. The summed E-state index contributed by atoms with van der Waals surface area (Å²) < 4.78 is 4.17. The number of hydrogen-bond acceptors (Lipinski definition) is 2. The molecule has 0 aliphatic rings. The third-order valence-electron chi connectivity index (χ3n) is 3.70. The van der Waals surface area contributed by atoms with Gasteiger partial charge < -0.3 is 16.2 Å². The van der Waals surface area contributed by atoms with Crippen LogP contribution in [-0.4, -0.2) is 18.8 Å². The number of benzene rings is 2. The minimum absolute atomic E-state index is 0. The summed E-state index contributed by atoms with van der Waals surface area (Å²) in [5.74, 6) is 0.876. The molecule has 0 amide bonds. The Bertz CT molecular complexity index is 1110. The van der Waals surface area contributed by atoms with E-state index in [2.05, 4.69) is 32.0 Å². The predicted octanol–water partition coefficient (Wildman–Crippen LogP) is 3.53. The maximum Gasteiger partial charge on any atom is 0.203 e. The van der Waals surface area contributed by atoms with Crippen LogP contribution in [0.3, 0.4) is 0 Å². The summed E-state index contributed by atoms with van der Waals surface area (Å²) in [5, 5.41) is 1.01. The van der Waals surface area contributed by atoms with Gasteiger partial charge in [-0.2, -0.15) is 0 Å². The zero-order valence-corrected chi connectivity index (χ0v) is 17.6. The van der Waals surface area contributed by atoms with E-state index >= 15 is 0 Å². The Balaban J connectivity index is 0.000000640. The molecule has 0 atom stereocenters. The molecular weight excluding hydrogens is 541 g/mol. The Morgan fingerprint density at radius 3 is 2.65 bits per heavy atom. The molecule has 3 heterocycles. The molecule has 0 saturated carbocycles. The van der Waals surface area contributed by atoms with Gasteiger partial charge in [0.1, 0.15) is 0 Å². The van der Waals surface area contributed by atoms with Gasteiger partial charge in [0.2, 0.25) is 5.78 Å². The third-order valence-corrected chi connectivity index (χ3v) is 3.70. The average Bonchev–Trinajstić information content (AvgIpc) is 3.11. The van der Waals surface area contributed by atoms with Gasteiger partial charge in [0, 0.05) is 65.2 Å². The molecule has 0 spiro atoms. The second-order valence-electron chi connectivity index (χ2n) is 4.79. The number of nitrogens with zero attached hydrogens (tertiary/aromatic N) is 4. The molecule has 23 heavy (non-hydrogen) atoms. The van der Waals surface area contributed by atoms with Gasteiger partial charge in [-0.05, 0) is 17.6 Å². The Kier molecular flexibility index (Phi) is 5.37. The van der Waals surface area contributed by atoms with Gasteiger partial charge in [-0.3, -0.25) is 4.98 Å². The van der Waals surface area contributed by atoms with Crippen LogP contribution in [0.1, 0.15) is 0 Å². The van der Waals surface area contributed by atoms with E-state index in [9.17, 15) is 0 Å². The van der Waals surface area contributed by atoms with E-state index in [1.54, 1.807) is 0 Å². The molecule has 0 saturated heterocycles. The number of hydrogen-bond donors (Lipinski definition) is 0. The monoisotopic (exact) mass is 554 g/mol. The normalized spacial score (nSPS) is 10.4. The Morgan fingerprint density at radius 2 is 1.78 bits per heavy atom. The summed E-state index contributed by atoms with van der Waals surface area (Å²) in [6, 6.07) is 17.4. The first-order valence-corrected chi connectivity index (χ1v) is 6.46. The molecule has 6 heteroatoms. The molecule has 114 valence electrons. The number of rotatable bonds is 0. The van der Waals surface area contributed by atoms with Crippen LogP contribution < -0.4 is 0 Å². The van der Waals surface area contributed by atoms with Crippen molar-refractivity contribution in [3.8, 4) is 0 Å². The minimum Gasteiger partial charge on any atom is -0.358 e. The van der Waals surface area contributed by atoms with Crippen molar-refractivity contribution >= 4 is 33.4 Å². The topological polar surface area (TPSA) is 34.6 Å². The van der Waals surface area contributed by atoms with Crippen LogP contribution in [0.25, 0.3) is 33.4 Å². The second-order valence-corrected chi connectivity index (χ2v) is 4.79. The smallest absolute Gasteiger partial charge is 0.203 e. The molecule has 0 bridgehead atoms.